The number of nitriles is 1. The van der Waals surface area contributed by atoms with Crippen molar-refractivity contribution >= 4 is 16.8 Å². The molecule has 2 aromatic heterocycles. The van der Waals surface area contributed by atoms with Crippen molar-refractivity contribution in [2.24, 2.45) is 0 Å². The van der Waals surface area contributed by atoms with E-state index in [0.29, 0.717) is 25.1 Å². The Labute approximate surface area is 143 Å². The molecule has 1 atom stereocenters. The summed E-state index contributed by atoms with van der Waals surface area (Å²) in [4.78, 5) is 25.7. The minimum atomic E-state index is -0.196. The predicted molar refractivity (Wildman–Crippen MR) is 90.0 cm³/mol. The summed E-state index contributed by atoms with van der Waals surface area (Å²) in [5, 5.41) is 9.97. The van der Waals surface area contributed by atoms with Crippen molar-refractivity contribution in [1.29, 1.82) is 5.26 Å². The molecule has 0 saturated carbocycles. The van der Waals surface area contributed by atoms with Crippen molar-refractivity contribution in [1.82, 2.24) is 19.9 Å². The van der Waals surface area contributed by atoms with E-state index in [1.165, 1.54) is 12.4 Å². The van der Waals surface area contributed by atoms with E-state index < -0.39 is 0 Å². The second-order valence-electron chi connectivity index (χ2n) is 5.85. The third-order valence-electron chi connectivity index (χ3n) is 4.30. The summed E-state index contributed by atoms with van der Waals surface area (Å²) >= 11 is 0. The number of fused-ring (bicyclic) bond motifs is 1. The number of rotatable bonds is 3. The maximum Gasteiger partial charge on any atom is 0.256 e. The number of carbonyl (C=O) groups excluding carboxylic acids is 1. The van der Waals surface area contributed by atoms with Crippen LogP contribution in [-0.4, -0.2) is 45.0 Å². The lowest BCUT2D eigenvalue weighted by Crippen LogP contribution is -2.31. The summed E-state index contributed by atoms with van der Waals surface area (Å²) in [5.41, 5.74) is 1.76. The highest BCUT2D eigenvalue weighted by molar-refractivity contribution is 6.06. The van der Waals surface area contributed by atoms with Gasteiger partial charge in [0.2, 0.25) is 5.69 Å². The largest absolute Gasteiger partial charge is 0.470 e. The molecule has 0 radical (unpaired) electrons. The minimum absolute atomic E-state index is 0.0248. The zero-order chi connectivity index (χ0) is 17.2. The van der Waals surface area contributed by atoms with Gasteiger partial charge in [-0.15, -0.1) is 0 Å². The smallest absolute Gasteiger partial charge is 0.256 e. The number of amides is 1. The molecule has 3 heterocycles. The Morgan fingerprint density at radius 3 is 3.04 bits per heavy atom. The molecule has 25 heavy (non-hydrogen) atoms. The number of hydrogen-bond acceptors (Lipinski definition) is 5. The van der Waals surface area contributed by atoms with Crippen molar-refractivity contribution in [2.75, 3.05) is 13.1 Å². The normalized spacial score (nSPS) is 16.8. The number of hydrogen-bond donors (Lipinski definition) is 1. The lowest BCUT2D eigenvalue weighted by Gasteiger charge is -2.16. The van der Waals surface area contributed by atoms with Crippen molar-refractivity contribution in [3.05, 3.63) is 54.1 Å². The van der Waals surface area contributed by atoms with Crippen LogP contribution in [0.15, 0.2) is 42.9 Å². The molecule has 1 aromatic carbocycles. The number of para-hydroxylation sites is 1. The first kappa shape index (κ1) is 15.1. The summed E-state index contributed by atoms with van der Waals surface area (Å²) in [5.74, 6) is 0.194. The van der Waals surface area contributed by atoms with Gasteiger partial charge in [-0.25, -0.2) is 9.97 Å². The van der Waals surface area contributed by atoms with E-state index in [9.17, 15) is 4.79 Å². The number of aromatic amines is 1. The van der Waals surface area contributed by atoms with Crippen LogP contribution in [0.2, 0.25) is 0 Å². The number of aromatic nitrogens is 3. The SMILES string of the molecule is N#Cc1nccnc1O[C@H]1CCN(C(=O)c2c[nH]c3ccccc23)C1. The molecule has 1 aliphatic rings. The Morgan fingerprint density at radius 2 is 2.16 bits per heavy atom. The van der Waals surface area contributed by atoms with E-state index in [1.807, 2.05) is 30.3 Å². The zero-order valence-electron chi connectivity index (χ0n) is 13.3. The molecule has 1 saturated heterocycles. The fourth-order valence-corrected chi connectivity index (χ4v) is 3.07. The van der Waals surface area contributed by atoms with Crippen molar-refractivity contribution < 1.29 is 9.53 Å². The van der Waals surface area contributed by atoms with E-state index in [1.54, 1.807) is 11.1 Å². The van der Waals surface area contributed by atoms with E-state index in [4.69, 9.17) is 10.00 Å². The Morgan fingerprint density at radius 1 is 1.32 bits per heavy atom. The second-order valence-corrected chi connectivity index (χ2v) is 5.85. The maximum atomic E-state index is 12.8. The molecular weight excluding hydrogens is 318 g/mol. The molecule has 0 aliphatic carbocycles. The van der Waals surface area contributed by atoms with Crippen LogP contribution in [-0.2, 0) is 0 Å². The van der Waals surface area contributed by atoms with Crippen molar-refractivity contribution in [2.45, 2.75) is 12.5 Å². The molecule has 1 fully saturated rings. The number of ether oxygens (including phenoxy) is 1. The Kier molecular flexibility index (Phi) is 3.78. The van der Waals surface area contributed by atoms with Crippen LogP contribution in [0.4, 0.5) is 0 Å². The number of benzene rings is 1. The number of nitrogens with zero attached hydrogens (tertiary/aromatic N) is 4. The number of nitrogens with one attached hydrogen (secondary N) is 1. The molecule has 7 nitrogen and oxygen atoms in total. The Bertz CT molecular complexity index is 975. The number of H-pyrrole nitrogens is 1. The molecular formula is C18H15N5O2. The highest BCUT2D eigenvalue weighted by Crippen LogP contribution is 2.23. The van der Waals surface area contributed by atoms with Crippen LogP contribution in [0.3, 0.4) is 0 Å². The Balaban J connectivity index is 1.49. The van der Waals surface area contributed by atoms with Gasteiger partial charge in [-0.3, -0.25) is 4.79 Å². The third kappa shape index (κ3) is 2.78. The molecule has 1 amide bonds. The predicted octanol–water partition coefficient (Wildman–Crippen LogP) is 2.12. The molecule has 7 heteroatoms. The number of likely N-dealkylation sites (tertiary alicyclic amines) is 1. The molecule has 124 valence electrons. The zero-order valence-corrected chi connectivity index (χ0v) is 13.3. The van der Waals surface area contributed by atoms with Crippen LogP contribution in [0, 0.1) is 11.3 Å². The molecule has 3 aromatic rings. The van der Waals surface area contributed by atoms with E-state index in [0.717, 1.165) is 10.9 Å². The third-order valence-corrected chi connectivity index (χ3v) is 4.30. The van der Waals surface area contributed by atoms with Gasteiger partial charge in [0.05, 0.1) is 12.1 Å². The van der Waals surface area contributed by atoms with Crippen molar-refractivity contribution in [3.8, 4) is 11.9 Å². The number of carbonyl (C=O) groups is 1. The topological polar surface area (TPSA) is 94.9 Å². The van der Waals surface area contributed by atoms with Gasteiger partial charge in [-0.2, -0.15) is 5.26 Å². The molecule has 4 rings (SSSR count). The average molecular weight is 333 g/mol. The molecule has 0 unspecified atom stereocenters. The van der Waals surface area contributed by atoms with Crippen molar-refractivity contribution in [3.63, 3.8) is 0 Å². The van der Waals surface area contributed by atoms with Crippen LogP contribution >= 0.6 is 0 Å². The monoisotopic (exact) mass is 333 g/mol. The highest BCUT2D eigenvalue weighted by atomic mass is 16.5. The average Bonchev–Trinajstić information content (AvgIpc) is 3.28. The summed E-state index contributed by atoms with van der Waals surface area (Å²) in [6.07, 6.45) is 5.18. The van der Waals surface area contributed by atoms with Crippen LogP contribution in [0.5, 0.6) is 5.88 Å². The standard InChI is InChI=1S/C18H15N5O2/c19-9-16-17(21-7-6-20-16)25-12-5-8-23(11-12)18(24)14-10-22-15-4-2-1-3-13(14)15/h1-4,6-7,10,12,22H,5,8,11H2/t12-/m0/s1. The highest BCUT2D eigenvalue weighted by Gasteiger charge is 2.30. The lowest BCUT2D eigenvalue weighted by molar-refractivity contribution is 0.0773. The quantitative estimate of drug-likeness (QED) is 0.792. The first-order valence-corrected chi connectivity index (χ1v) is 7.99. The van der Waals surface area contributed by atoms with Gasteiger partial charge in [0, 0.05) is 42.5 Å². The van der Waals surface area contributed by atoms with Crippen LogP contribution < -0.4 is 4.74 Å². The fraction of sp³-hybridized carbons (Fsp3) is 0.222. The molecule has 0 spiro atoms. The summed E-state index contributed by atoms with van der Waals surface area (Å²) in [7, 11) is 0. The Hall–Kier alpha value is -3.40. The van der Waals surface area contributed by atoms with Crippen LogP contribution in [0.1, 0.15) is 22.5 Å². The first-order chi connectivity index (χ1) is 12.3. The lowest BCUT2D eigenvalue weighted by atomic mass is 10.1. The first-order valence-electron chi connectivity index (χ1n) is 7.99. The van der Waals surface area contributed by atoms with Gasteiger partial charge < -0.3 is 14.6 Å². The van der Waals surface area contributed by atoms with Crippen LogP contribution in [0.25, 0.3) is 10.9 Å². The summed E-state index contributed by atoms with van der Waals surface area (Å²) in [6.45, 7) is 1.06. The van der Waals surface area contributed by atoms with E-state index in [2.05, 4.69) is 15.0 Å². The fourth-order valence-electron chi connectivity index (χ4n) is 3.07. The van der Waals surface area contributed by atoms with Gasteiger partial charge in [0.15, 0.2) is 0 Å². The van der Waals surface area contributed by atoms with Gasteiger partial charge >= 0.3 is 0 Å². The second kappa shape index (κ2) is 6.24. The minimum Gasteiger partial charge on any atom is -0.470 e. The van der Waals surface area contributed by atoms with Gasteiger partial charge in [-0.05, 0) is 6.07 Å². The van der Waals surface area contributed by atoms with Gasteiger partial charge in [0.1, 0.15) is 12.2 Å². The summed E-state index contributed by atoms with van der Waals surface area (Å²) < 4.78 is 5.78. The van der Waals surface area contributed by atoms with Gasteiger partial charge in [-0.1, -0.05) is 18.2 Å². The molecule has 1 N–H and O–H groups in total. The van der Waals surface area contributed by atoms with E-state index >= 15 is 0 Å². The maximum absolute atomic E-state index is 12.8. The van der Waals surface area contributed by atoms with Gasteiger partial charge in [0.25, 0.3) is 11.8 Å². The molecule has 1 aliphatic heterocycles. The summed E-state index contributed by atoms with van der Waals surface area (Å²) in [6, 6.07) is 9.69. The van der Waals surface area contributed by atoms with E-state index in [-0.39, 0.29) is 23.6 Å². The molecule has 0 bridgehead atoms.